The van der Waals surface area contributed by atoms with E-state index in [-0.39, 0.29) is 12.3 Å². The molecule has 5 nitrogen and oxygen atoms in total. The highest BCUT2D eigenvalue weighted by Gasteiger charge is 2.52. The molecule has 3 rings (SSSR count). The molecule has 0 saturated heterocycles. The van der Waals surface area contributed by atoms with Gasteiger partial charge in [-0.1, -0.05) is 41.4 Å². The van der Waals surface area contributed by atoms with Crippen molar-refractivity contribution >= 4 is 23.5 Å². The van der Waals surface area contributed by atoms with Gasteiger partial charge in [-0.3, -0.25) is 14.5 Å². The van der Waals surface area contributed by atoms with E-state index in [4.69, 9.17) is 16.3 Å². The van der Waals surface area contributed by atoms with Crippen molar-refractivity contribution in [3.05, 3.63) is 64.2 Å². The lowest BCUT2D eigenvalue weighted by atomic mass is 9.72. The summed E-state index contributed by atoms with van der Waals surface area (Å²) in [4.78, 5) is 30.8. The number of amides is 1. The fourth-order valence-corrected chi connectivity index (χ4v) is 4.64. The van der Waals surface area contributed by atoms with E-state index in [1.165, 1.54) is 0 Å². The Labute approximate surface area is 196 Å². The first-order valence-electron chi connectivity index (χ1n) is 11.2. The lowest BCUT2D eigenvalue weighted by Gasteiger charge is -2.33. The molecule has 32 heavy (non-hydrogen) atoms. The Bertz CT molecular complexity index is 979. The first kappa shape index (κ1) is 24.3. The number of benzene rings is 2. The molecule has 0 aromatic heterocycles. The molecule has 1 amide bonds. The number of carbonyl (C=O) groups excluding carboxylic acids is 2. The van der Waals surface area contributed by atoms with Crippen molar-refractivity contribution in [3.63, 3.8) is 0 Å². The van der Waals surface area contributed by atoms with Gasteiger partial charge in [0.25, 0.3) is 0 Å². The Balaban J connectivity index is 1.93. The number of carbonyl (C=O) groups is 2. The molecule has 0 saturated carbocycles. The number of rotatable bonds is 8. The molecule has 1 aliphatic heterocycles. The first-order valence-corrected chi connectivity index (χ1v) is 11.5. The summed E-state index contributed by atoms with van der Waals surface area (Å²) in [7, 11) is 1.79. The number of aryl methyl sites for hydroxylation is 1. The minimum atomic E-state index is -1.21. The molecule has 1 heterocycles. The van der Waals surface area contributed by atoms with Gasteiger partial charge in [-0.2, -0.15) is 0 Å². The third kappa shape index (κ3) is 4.69. The van der Waals surface area contributed by atoms with E-state index >= 15 is 0 Å². The summed E-state index contributed by atoms with van der Waals surface area (Å²) in [6.07, 6.45) is -0.0118. The van der Waals surface area contributed by atoms with Gasteiger partial charge in [0, 0.05) is 42.8 Å². The number of fused-ring (bicyclic) bond motifs is 1. The molecule has 6 heteroatoms. The maximum absolute atomic E-state index is 13.4. The molecule has 0 bridgehead atoms. The predicted octanol–water partition coefficient (Wildman–Crippen LogP) is 4.82. The standard InChI is InChI=1S/C26H33ClN2O3/c1-17(2)29(18(3)4)14-13-28(6)24(30)16-26(20-9-7-19(5)8-10-20)22-15-21(27)11-12-23(22)32-25(26)31/h7-12,15,17-18H,13-14,16H2,1-6H3. The van der Waals surface area contributed by atoms with Gasteiger partial charge in [-0.25, -0.2) is 0 Å². The lowest BCUT2D eigenvalue weighted by Crippen LogP contribution is -2.45. The van der Waals surface area contributed by atoms with Gasteiger partial charge in [0.05, 0.1) is 6.42 Å². The van der Waals surface area contributed by atoms with E-state index in [0.717, 1.165) is 17.7 Å². The van der Waals surface area contributed by atoms with Crippen LogP contribution < -0.4 is 4.74 Å². The topological polar surface area (TPSA) is 49.9 Å². The molecule has 0 N–H and O–H groups in total. The SMILES string of the molecule is Cc1ccc(C2(CC(=O)N(C)CCN(C(C)C)C(C)C)C(=O)Oc3ccc(Cl)cc32)cc1. The number of likely N-dealkylation sites (N-methyl/N-ethyl adjacent to an activating group) is 1. The molecule has 1 unspecified atom stereocenters. The Morgan fingerprint density at radius 3 is 2.25 bits per heavy atom. The highest BCUT2D eigenvalue weighted by atomic mass is 35.5. The quantitative estimate of drug-likeness (QED) is 0.422. The summed E-state index contributed by atoms with van der Waals surface area (Å²) in [5.74, 6) is -0.0876. The van der Waals surface area contributed by atoms with Crippen molar-refractivity contribution in [2.45, 2.75) is 58.5 Å². The van der Waals surface area contributed by atoms with Crippen LogP contribution in [-0.4, -0.2) is 53.9 Å². The third-order valence-electron chi connectivity index (χ3n) is 6.36. The van der Waals surface area contributed by atoms with Gasteiger partial charge >= 0.3 is 5.97 Å². The largest absolute Gasteiger partial charge is 0.425 e. The second-order valence-corrected chi connectivity index (χ2v) is 9.66. The summed E-state index contributed by atoms with van der Waals surface area (Å²) in [6, 6.07) is 13.6. The van der Waals surface area contributed by atoms with Crippen LogP contribution in [0.5, 0.6) is 5.75 Å². The van der Waals surface area contributed by atoms with Gasteiger partial charge in [-0.05, 0) is 58.4 Å². The Kier molecular flexibility index (Phi) is 7.31. The highest BCUT2D eigenvalue weighted by Crippen LogP contribution is 2.48. The van der Waals surface area contributed by atoms with Crippen molar-refractivity contribution in [1.82, 2.24) is 9.80 Å². The first-order chi connectivity index (χ1) is 15.1. The van der Waals surface area contributed by atoms with Gasteiger partial charge in [0.1, 0.15) is 11.2 Å². The molecule has 2 aromatic carbocycles. The van der Waals surface area contributed by atoms with Crippen LogP contribution in [0.3, 0.4) is 0 Å². The zero-order chi connectivity index (χ0) is 23.6. The molecule has 0 fully saturated rings. The average molecular weight is 457 g/mol. The van der Waals surface area contributed by atoms with Crippen molar-refractivity contribution in [3.8, 4) is 5.75 Å². The van der Waals surface area contributed by atoms with Gasteiger partial charge < -0.3 is 9.64 Å². The molecule has 0 radical (unpaired) electrons. The monoisotopic (exact) mass is 456 g/mol. The second kappa shape index (κ2) is 9.63. The van der Waals surface area contributed by atoms with Crippen LogP contribution in [0.25, 0.3) is 0 Å². The zero-order valence-electron chi connectivity index (χ0n) is 19.8. The summed E-state index contributed by atoms with van der Waals surface area (Å²) >= 11 is 6.29. The number of esters is 1. The summed E-state index contributed by atoms with van der Waals surface area (Å²) < 4.78 is 5.63. The van der Waals surface area contributed by atoms with Gasteiger partial charge in [0.15, 0.2) is 0 Å². The minimum Gasteiger partial charge on any atom is -0.425 e. The van der Waals surface area contributed by atoms with Crippen molar-refractivity contribution < 1.29 is 14.3 Å². The van der Waals surface area contributed by atoms with E-state index in [0.29, 0.717) is 35.0 Å². The molecule has 2 aromatic rings. The molecule has 0 aliphatic carbocycles. The zero-order valence-corrected chi connectivity index (χ0v) is 20.6. The molecule has 172 valence electrons. The Morgan fingerprint density at radius 2 is 1.66 bits per heavy atom. The van der Waals surface area contributed by atoms with Gasteiger partial charge in [0.2, 0.25) is 5.91 Å². The van der Waals surface area contributed by atoms with Crippen LogP contribution in [0.15, 0.2) is 42.5 Å². The smallest absolute Gasteiger partial charge is 0.327 e. The highest BCUT2D eigenvalue weighted by molar-refractivity contribution is 6.30. The molecule has 1 aliphatic rings. The van der Waals surface area contributed by atoms with Crippen molar-refractivity contribution in [2.24, 2.45) is 0 Å². The second-order valence-electron chi connectivity index (χ2n) is 9.22. The minimum absolute atomic E-state index is 0.0118. The van der Waals surface area contributed by atoms with Crippen LogP contribution in [-0.2, 0) is 15.0 Å². The average Bonchev–Trinajstić information content (AvgIpc) is 2.99. The Hall–Kier alpha value is -2.37. The van der Waals surface area contributed by atoms with Crippen molar-refractivity contribution in [2.75, 3.05) is 20.1 Å². The fourth-order valence-electron chi connectivity index (χ4n) is 4.47. The summed E-state index contributed by atoms with van der Waals surface area (Å²) in [5.41, 5.74) is 1.25. The van der Waals surface area contributed by atoms with E-state index in [9.17, 15) is 9.59 Å². The van der Waals surface area contributed by atoms with Crippen molar-refractivity contribution in [1.29, 1.82) is 0 Å². The third-order valence-corrected chi connectivity index (χ3v) is 6.59. The van der Waals surface area contributed by atoms with Crippen LogP contribution in [0.4, 0.5) is 0 Å². The number of halogens is 1. The van der Waals surface area contributed by atoms with E-state index in [2.05, 4.69) is 32.6 Å². The lowest BCUT2D eigenvalue weighted by molar-refractivity contribution is -0.141. The maximum atomic E-state index is 13.4. The number of hydrogen-bond acceptors (Lipinski definition) is 4. The number of nitrogens with zero attached hydrogens (tertiary/aromatic N) is 2. The van der Waals surface area contributed by atoms with Crippen LogP contribution in [0, 0.1) is 6.92 Å². The summed E-state index contributed by atoms with van der Waals surface area (Å²) in [5, 5.41) is 0.504. The van der Waals surface area contributed by atoms with Crippen LogP contribution >= 0.6 is 11.6 Å². The van der Waals surface area contributed by atoms with Gasteiger partial charge in [-0.15, -0.1) is 0 Å². The van der Waals surface area contributed by atoms with E-state index < -0.39 is 11.4 Å². The maximum Gasteiger partial charge on any atom is 0.327 e. The fraction of sp³-hybridized carbons (Fsp3) is 0.462. The van der Waals surface area contributed by atoms with Crippen LogP contribution in [0.2, 0.25) is 5.02 Å². The van der Waals surface area contributed by atoms with Crippen LogP contribution in [0.1, 0.15) is 50.8 Å². The molecule has 1 atom stereocenters. The number of ether oxygens (including phenoxy) is 1. The van der Waals surface area contributed by atoms with E-state index in [1.54, 1.807) is 30.1 Å². The Morgan fingerprint density at radius 1 is 1.03 bits per heavy atom. The number of hydrogen-bond donors (Lipinski definition) is 0. The summed E-state index contributed by atoms with van der Waals surface area (Å²) in [6.45, 7) is 12.0. The predicted molar refractivity (Wildman–Crippen MR) is 128 cm³/mol. The molecular weight excluding hydrogens is 424 g/mol. The van der Waals surface area contributed by atoms with E-state index in [1.807, 2.05) is 31.2 Å². The normalized spacial score (nSPS) is 17.8. The molecular formula is C26H33ClN2O3. The molecule has 0 spiro atoms.